The maximum atomic E-state index is 13.6. The molecule has 1 saturated carbocycles. The quantitative estimate of drug-likeness (QED) is 0.881. The summed E-state index contributed by atoms with van der Waals surface area (Å²) >= 11 is 3.26. The molecule has 98 valence electrons. The number of benzene rings is 1. The molecule has 0 saturated heterocycles. The molecule has 0 aliphatic heterocycles. The van der Waals surface area contributed by atoms with Crippen LogP contribution in [0.2, 0.25) is 0 Å². The van der Waals surface area contributed by atoms with Crippen molar-refractivity contribution in [2.45, 2.75) is 38.6 Å². The molecule has 1 aromatic carbocycles. The number of halogens is 2. The van der Waals surface area contributed by atoms with Crippen LogP contribution in [0.1, 0.15) is 43.0 Å². The SMILES string of the molecule is C[C@@H]1CCCC[C@@H]1NC(=O)c1cc(Br)ccc1F. The van der Waals surface area contributed by atoms with Gasteiger partial charge in [0.05, 0.1) is 5.56 Å². The third kappa shape index (κ3) is 3.10. The van der Waals surface area contributed by atoms with E-state index >= 15 is 0 Å². The molecular weight excluding hydrogens is 297 g/mol. The molecule has 0 radical (unpaired) electrons. The lowest BCUT2D eigenvalue weighted by molar-refractivity contribution is 0.0906. The van der Waals surface area contributed by atoms with Gasteiger partial charge in [-0.05, 0) is 37.0 Å². The summed E-state index contributed by atoms with van der Waals surface area (Å²) in [4.78, 5) is 12.1. The lowest BCUT2D eigenvalue weighted by Crippen LogP contribution is -2.41. The first-order chi connectivity index (χ1) is 8.58. The normalized spacial score (nSPS) is 23.7. The second kappa shape index (κ2) is 5.83. The first kappa shape index (κ1) is 13.5. The number of amides is 1. The summed E-state index contributed by atoms with van der Waals surface area (Å²) in [5.41, 5.74) is 0.113. The van der Waals surface area contributed by atoms with Crippen LogP contribution in [0, 0.1) is 11.7 Å². The molecule has 0 spiro atoms. The Morgan fingerprint density at radius 3 is 2.83 bits per heavy atom. The van der Waals surface area contributed by atoms with Gasteiger partial charge in [-0.3, -0.25) is 4.79 Å². The van der Waals surface area contributed by atoms with E-state index in [1.54, 1.807) is 6.07 Å². The van der Waals surface area contributed by atoms with Crippen molar-refractivity contribution in [3.8, 4) is 0 Å². The van der Waals surface area contributed by atoms with Crippen LogP contribution in [-0.2, 0) is 0 Å². The molecule has 0 unspecified atom stereocenters. The topological polar surface area (TPSA) is 29.1 Å². The summed E-state index contributed by atoms with van der Waals surface area (Å²) in [5, 5.41) is 2.95. The molecule has 4 heteroatoms. The van der Waals surface area contributed by atoms with E-state index in [2.05, 4.69) is 28.2 Å². The Bertz CT molecular complexity index is 449. The van der Waals surface area contributed by atoms with Gasteiger partial charge in [0, 0.05) is 10.5 Å². The Kier molecular flexibility index (Phi) is 4.38. The average molecular weight is 314 g/mol. The molecule has 2 rings (SSSR count). The van der Waals surface area contributed by atoms with Crippen LogP contribution in [0.3, 0.4) is 0 Å². The molecular formula is C14H17BrFNO. The van der Waals surface area contributed by atoms with Crippen molar-refractivity contribution in [1.29, 1.82) is 0 Å². The highest BCUT2D eigenvalue weighted by molar-refractivity contribution is 9.10. The molecule has 1 aromatic rings. The molecule has 2 nitrogen and oxygen atoms in total. The summed E-state index contributed by atoms with van der Waals surface area (Å²) in [6.45, 7) is 2.14. The minimum atomic E-state index is -0.473. The van der Waals surface area contributed by atoms with Gasteiger partial charge in [0.15, 0.2) is 0 Å². The minimum absolute atomic E-state index is 0.113. The van der Waals surface area contributed by atoms with Gasteiger partial charge in [-0.25, -0.2) is 4.39 Å². The maximum absolute atomic E-state index is 13.6. The third-order valence-electron chi connectivity index (χ3n) is 3.60. The number of nitrogens with one attached hydrogen (secondary N) is 1. The summed E-state index contributed by atoms with van der Waals surface area (Å²) < 4.78 is 14.3. The van der Waals surface area contributed by atoms with Gasteiger partial charge in [0.1, 0.15) is 5.82 Å². The average Bonchev–Trinajstić information content (AvgIpc) is 2.35. The molecule has 0 heterocycles. The monoisotopic (exact) mass is 313 g/mol. The Balaban J connectivity index is 2.09. The van der Waals surface area contributed by atoms with Crippen molar-refractivity contribution in [3.05, 3.63) is 34.1 Å². The van der Waals surface area contributed by atoms with Crippen LogP contribution >= 0.6 is 15.9 Å². The standard InChI is InChI=1S/C14H17BrFNO/c1-9-4-2-3-5-13(9)17-14(18)11-8-10(15)6-7-12(11)16/h6-9,13H,2-5H2,1H3,(H,17,18)/t9-,13+/m1/s1. The largest absolute Gasteiger partial charge is 0.349 e. The summed E-state index contributed by atoms with van der Waals surface area (Å²) in [6.07, 6.45) is 4.48. The first-order valence-corrected chi connectivity index (χ1v) is 7.13. The van der Waals surface area contributed by atoms with Gasteiger partial charge in [-0.15, -0.1) is 0 Å². The number of hydrogen-bond donors (Lipinski definition) is 1. The van der Waals surface area contributed by atoms with E-state index in [9.17, 15) is 9.18 Å². The van der Waals surface area contributed by atoms with E-state index < -0.39 is 5.82 Å². The van der Waals surface area contributed by atoms with Gasteiger partial charge in [-0.1, -0.05) is 35.7 Å². The van der Waals surface area contributed by atoms with E-state index in [1.807, 2.05) is 0 Å². The fourth-order valence-corrected chi connectivity index (χ4v) is 2.81. The van der Waals surface area contributed by atoms with Crippen LogP contribution in [0.15, 0.2) is 22.7 Å². The zero-order valence-corrected chi connectivity index (χ0v) is 12.0. The molecule has 1 aliphatic rings. The predicted molar refractivity (Wildman–Crippen MR) is 73.0 cm³/mol. The highest BCUT2D eigenvalue weighted by Gasteiger charge is 2.24. The van der Waals surface area contributed by atoms with E-state index in [-0.39, 0.29) is 17.5 Å². The number of rotatable bonds is 2. The van der Waals surface area contributed by atoms with Gasteiger partial charge < -0.3 is 5.32 Å². The van der Waals surface area contributed by atoms with Gasteiger partial charge in [0.25, 0.3) is 5.91 Å². The van der Waals surface area contributed by atoms with Gasteiger partial charge in [0.2, 0.25) is 0 Å². The summed E-state index contributed by atoms with van der Waals surface area (Å²) in [6, 6.07) is 4.60. The molecule has 2 atom stereocenters. The Morgan fingerprint density at radius 1 is 1.39 bits per heavy atom. The zero-order valence-electron chi connectivity index (χ0n) is 10.4. The van der Waals surface area contributed by atoms with E-state index in [0.29, 0.717) is 10.4 Å². The lowest BCUT2D eigenvalue weighted by Gasteiger charge is -2.29. The first-order valence-electron chi connectivity index (χ1n) is 6.34. The van der Waals surface area contributed by atoms with Crippen molar-refractivity contribution in [1.82, 2.24) is 5.32 Å². The van der Waals surface area contributed by atoms with E-state index in [4.69, 9.17) is 0 Å². The molecule has 1 N–H and O–H groups in total. The highest BCUT2D eigenvalue weighted by atomic mass is 79.9. The molecule has 1 fully saturated rings. The van der Waals surface area contributed by atoms with Crippen molar-refractivity contribution < 1.29 is 9.18 Å². The second-order valence-electron chi connectivity index (χ2n) is 4.97. The van der Waals surface area contributed by atoms with Gasteiger partial charge in [-0.2, -0.15) is 0 Å². The van der Waals surface area contributed by atoms with Crippen LogP contribution < -0.4 is 5.32 Å². The molecule has 0 aromatic heterocycles. The Hall–Kier alpha value is -0.900. The van der Waals surface area contributed by atoms with Crippen LogP contribution in [0.25, 0.3) is 0 Å². The van der Waals surface area contributed by atoms with Gasteiger partial charge >= 0.3 is 0 Å². The predicted octanol–water partition coefficient (Wildman–Crippen LogP) is 3.90. The summed E-state index contributed by atoms with van der Waals surface area (Å²) in [7, 11) is 0. The van der Waals surface area contributed by atoms with Crippen molar-refractivity contribution in [3.63, 3.8) is 0 Å². The van der Waals surface area contributed by atoms with Crippen molar-refractivity contribution >= 4 is 21.8 Å². The summed E-state index contributed by atoms with van der Waals surface area (Å²) in [5.74, 6) is -0.315. The fraction of sp³-hybridized carbons (Fsp3) is 0.500. The van der Waals surface area contributed by atoms with E-state index in [1.165, 1.54) is 18.6 Å². The molecule has 1 aliphatic carbocycles. The van der Waals surface area contributed by atoms with Crippen molar-refractivity contribution in [2.24, 2.45) is 5.92 Å². The fourth-order valence-electron chi connectivity index (χ4n) is 2.45. The maximum Gasteiger partial charge on any atom is 0.254 e. The number of carbonyl (C=O) groups excluding carboxylic acids is 1. The number of hydrogen-bond acceptors (Lipinski definition) is 1. The Labute approximate surface area is 115 Å². The van der Waals surface area contributed by atoms with Crippen LogP contribution in [0.5, 0.6) is 0 Å². The van der Waals surface area contributed by atoms with Crippen molar-refractivity contribution in [2.75, 3.05) is 0 Å². The molecule has 0 bridgehead atoms. The number of carbonyl (C=O) groups is 1. The second-order valence-corrected chi connectivity index (χ2v) is 5.88. The van der Waals surface area contributed by atoms with Crippen LogP contribution in [0.4, 0.5) is 4.39 Å². The molecule has 18 heavy (non-hydrogen) atoms. The zero-order chi connectivity index (χ0) is 13.1. The lowest BCUT2D eigenvalue weighted by atomic mass is 9.86. The molecule has 1 amide bonds. The minimum Gasteiger partial charge on any atom is -0.349 e. The third-order valence-corrected chi connectivity index (χ3v) is 4.09. The highest BCUT2D eigenvalue weighted by Crippen LogP contribution is 2.24. The van der Waals surface area contributed by atoms with E-state index in [0.717, 1.165) is 19.3 Å². The Morgan fingerprint density at radius 2 is 2.11 bits per heavy atom. The van der Waals surface area contributed by atoms with Crippen LogP contribution in [-0.4, -0.2) is 11.9 Å². The smallest absolute Gasteiger partial charge is 0.254 e.